The molecule has 11 nitrogen and oxygen atoms in total. The Labute approximate surface area is 184 Å². The van der Waals surface area contributed by atoms with Gasteiger partial charge in [-0.1, -0.05) is 0 Å². The molecule has 0 spiro atoms. The monoisotopic (exact) mass is 435 g/mol. The van der Waals surface area contributed by atoms with E-state index in [0.29, 0.717) is 23.6 Å². The van der Waals surface area contributed by atoms with Crippen molar-refractivity contribution in [3.8, 4) is 0 Å². The fourth-order valence-electron chi connectivity index (χ4n) is 4.71. The van der Waals surface area contributed by atoms with Crippen LogP contribution in [0.4, 0.5) is 28.7 Å². The third-order valence-electron chi connectivity index (χ3n) is 6.36. The SMILES string of the molecule is CNc1cc2nc3c(cnn13)C(=O)N[C@@H]1CCC[C@@H]1OCc1cc(c3c(c1)N(C)NN3)N2. The second-order valence-corrected chi connectivity index (χ2v) is 8.39. The number of fused-ring (bicyclic) bond motifs is 6. The molecular weight excluding hydrogens is 410 g/mol. The number of hydrogen-bond acceptors (Lipinski definition) is 9. The fourth-order valence-corrected chi connectivity index (χ4v) is 4.71. The molecule has 166 valence electrons. The Bertz CT molecular complexity index is 1220. The van der Waals surface area contributed by atoms with Crippen molar-refractivity contribution in [2.75, 3.05) is 35.2 Å². The van der Waals surface area contributed by atoms with E-state index >= 15 is 0 Å². The van der Waals surface area contributed by atoms with Gasteiger partial charge in [-0.15, -0.1) is 5.53 Å². The second-order valence-electron chi connectivity index (χ2n) is 8.39. The first-order valence-electron chi connectivity index (χ1n) is 10.8. The number of carbonyl (C=O) groups is 1. The minimum absolute atomic E-state index is 0.0289. The highest BCUT2D eigenvalue weighted by Gasteiger charge is 2.31. The molecule has 6 rings (SSSR count). The van der Waals surface area contributed by atoms with Crippen molar-refractivity contribution in [2.45, 2.75) is 38.0 Å². The number of carbonyl (C=O) groups excluding carboxylic acids is 1. The molecule has 5 N–H and O–H groups in total. The lowest BCUT2D eigenvalue weighted by molar-refractivity contribution is 0.0272. The average Bonchev–Trinajstić information content (AvgIpc) is 3.50. The van der Waals surface area contributed by atoms with Gasteiger partial charge in [-0.2, -0.15) is 9.61 Å². The first kappa shape index (κ1) is 19.1. The fraction of sp³-hybridized carbons (Fsp3) is 0.381. The van der Waals surface area contributed by atoms with Crippen LogP contribution in [0.2, 0.25) is 0 Å². The Morgan fingerprint density at radius 2 is 2.16 bits per heavy atom. The van der Waals surface area contributed by atoms with Gasteiger partial charge in [0.1, 0.15) is 17.2 Å². The summed E-state index contributed by atoms with van der Waals surface area (Å²) in [5.41, 5.74) is 11.1. The van der Waals surface area contributed by atoms with Crippen molar-refractivity contribution in [1.29, 1.82) is 0 Å². The first-order valence-corrected chi connectivity index (χ1v) is 10.8. The Balaban J connectivity index is 1.53. The van der Waals surface area contributed by atoms with Crippen LogP contribution in [0.1, 0.15) is 35.2 Å². The smallest absolute Gasteiger partial charge is 0.257 e. The maximum Gasteiger partial charge on any atom is 0.257 e. The summed E-state index contributed by atoms with van der Waals surface area (Å²) >= 11 is 0. The maximum atomic E-state index is 13.1. The van der Waals surface area contributed by atoms with Crippen LogP contribution in [-0.4, -0.2) is 46.7 Å². The number of aromatic nitrogens is 3. The topological polar surface area (TPSA) is 120 Å². The molecule has 1 aliphatic carbocycles. The predicted molar refractivity (Wildman–Crippen MR) is 121 cm³/mol. The molecule has 3 aromatic rings. The molecule has 0 saturated heterocycles. The van der Waals surface area contributed by atoms with Gasteiger partial charge in [-0.05, 0) is 37.0 Å². The van der Waals surface area contributed by atoms with Gasteiger partial charge in [0.2, 0.25) is 0 Å². The number of amides is 1. The number of ether oxygens (including phenoxy) is 1. The number of benzene rings is 1. The van der Waals surface area contributed by atoms with Gasteiger partial charge in [0.25, 0.3) is 5.91 Å². The zero-order chi connectivity index (χ0) is 21.8. The highest BCUT2D eigenvalue weighted by atomic mass is 16.5. The molecule has 4 heterocycles. The zero-order valence-corrected chi connectivity index (χ0v) is 17.9. The Hall–Kier alpha value is -3.57. The Morgan fingerprint density at radius 1 is 1.25 bits per heavy atom. The van der Waals surface area contributed by atoms with Crippen molar-refractivity contribution in [3.05, 3.63) is 35.5 Å². The average molecular weight is 435 g/mol. The third-order valence-corrected chi connectivity index (χ3v) is 6.36. The van der Waals surface area contributed by atoms with Gasteiger partial charge in [-0.25, -0.2) is 4.98 Å². The van der Waals surface area contributed by atoms with Crippen LogP contribution in [0.5, 0.6) is 0 Å². The van der Waals surface area contributed by atoms with Gasteiger partial charge in [0.05, 0.1) is 42.0 Å². The highest BCUT2D eigenvalue weighted by molar-refractivity contribution is 6.00. The maximum absolute atomic E-state index is 13.1. The normalized spacial score (nSPS) is 22.1. The summed E-state index contributed by atoms with van der Waals surface area (Å²) < 4.78 is 7.93. The van der Waals surface area contributed by atoms with E-state index in [4.69, 9.17) is 9.72 Å². The van der Waals surface area contributed by atoms with Crippen LogP contribution in [0.3, 0.4) is 0 Å². The number of anilines is 5. The first-order chi connectivity index (χ1) is 15.6. The van der Waals surface area contributed by atoms with Crippen LogP contribution in [0.15, 0.2) is 24.4 Å². The van der Waals surface area contributed by atoms with E-state index in [1.807, 2.05) is 25.2 Å². The van der Waals surface area contributed by atoms with Crippen LogP contribution in [-0.2, 0) is 11.3 Å². The molecular formula is C21H25N9O2. The minimum Gasteiger partial charge on any atom is -0.373 e. The van der Waals surface area contributed by atoms with E-state index in [1.165, 1.54) is 0 Å². The van der Waals surface area contributed by atoms with Crippen LogP contribution < -0.4 is 31.9 Å². The molecule has 11 heteroatoms. The van der Waals surface area contributed by atoms with Crippen molar-refractivity contribution in [3.63, 3.8) is 0 Å². The summed E-state index contributed by atoms with van der Waals surface area (Å²) in [6.07, 6.45) is 4.37. The van der Waals surface area contributed by atoms with E-state index in [0.717, 1.165) is 47.7 Å². The summed E-state index contributed by atoms with van der Waals surface area (Å²) in [5.74, 6) is 1.14. The quantitative estimate of drug-likeness (QED) is 0.391. The number of hydrazine groups is 2. The molecule has 1 saturated carbocycles. The number of hydrogen-bond donors (Lipinski definition) is 5. The van der Waals surface area contributed by atoms with Crippen LogP contribution in [0.25, 0.3) is 5.65 Å². The van der Waals surface area contributed by atoms with Gasteiger partial charge in [0, 0.05) is 20.2 Å². The molecule has 32 heavy (non-hydrogen) atoms. The van der Waals surface area contributed by atoms with Gasteiger partial charge < -0.3 is 20.7 Å². The van der Waals surface area contributed by atoms with Crippen LogP contribution >= 0.6 is 0 Å². The van der Waals surface area contributed by atoms with Crippen LogP contribution in [0, 0.1) is 0 Å². The molecule has 0 unspecified atom stereocenters. The summed E-state index contributed by atoms with van der Waals surface area (Å²) in [7, 11) is 3.77. The summed E-state index contributed by atoms with van der Waals surface area (Å²) in [6.45, 7) is 0.458. The highest BCUT2D eigenvalue weighted by Crippen LogP contribution is 2.39. The Morgan fingerprint density at radius 3 is 3.03 bits per heavy atom. The van der Waals surface area contributed by atoms with Gasteiger partial charge >= 0.3 is 0 Å². The molecule has 1 amide bonds. The summed E-state index contributed by atoms with van der Waals surface area (Å²) in [6, 6.07) is 6.00. The van der Waals surface area contributed by atoms with Crippen molar-refractivity contribution >= 4 is 40.3 Å². The standard InChI is InChI=1S/C21H25N9O2/c1-22-18-8-17-24-14-6-11(7-15-19(14)27-28-29(15)2)10-32-16-5-3-4-13(16)25-21(31)12-9-23-30(18)20(12)26-17/h6-9,13,16,22,27-28H,3-5,10H2,1-2H3,(H,24,26)(H,25,31)/t13-,16+/m1/s1. The number of rotatable bonds is 1. The summed E-state index contributed by atoms with van der Waals surface area (Å²) in [5, 5.41) is 16.0. The molecule has 2 aliphatic heterocycles. The van der Waals surface area contributed by atoms with E-state index in [9.17, 15) is 4.79 Å². The van der Waals surface area contributed by atoms with E-state index < -0.39 is 0 Å². The van der Waals surface area contributed by atoms with Crippen molar-refractivity contribution in [1.82, 2.24) is 25.4 Å². The molecule has 4 bridgehead atoms. The molecule has 0 radical (unpaired) electrons. The van der Waals surface area contributed by atoms with E-state index in [1.54, 1.807) is 10.7 Å². The lowest BCUT2D eigenvalue weighted by Crippen LogP contribution is -2.41. The third kappa shape index (κ3) is 3.00. The summed E-state index contributed by atoms with van der Waals surface area (Å²) in [4.78, 5) is 17.9. The molecule has 1 aromatic carbocycles. The lowest BCUT2D eigenvalue weighted by Gasteiger charge is -2.22. The second kappa shape index (κ2) is 7.24. The zero-order valence-electron chi connectivity index (χ0n) is 17.9. The van der Waals surface area contributed by atoms with Crippen molar-refractivity contribution in [2.24, 2.45) is 0 Å². The molecule has 2 aromatic heterocycles. The number of nitrogens with zero attached hydrogens (tertiary/aromatic N) is 4. The largest absolute Gasteiger partial charge is 0.373 e. The van der Waals surface area contributed by atoms with Crippen molar-refractivity contribution < 1.29 is 9.53 Å². The molecule has 3 aliphatic rings. The lowest BCUT2D eigenvalue weighted by atomic mass is 10.1. The van der Waals surface area contributed by atoms with E-state index in [2.05, 4.69) is 44.1 Å². The minimum atomic E-state index is -0.184. The van der Waals surface area contributed by atoms with Gasteiger partial charge in [0.15, 0.2) is 5.65 Å². The number of nitrogens with one attached hydrogen (secondary N) is 5. The Kier molecular flexibility index (Phi) is 4.33. The molecule has 1 fully saturated rings. The van der Waals surface area contributed by atoms with Gasteiger partial charge in [-0.3, -0.25) is 15.2 Å². The molecule has 2 atom stereocenters. The van der Waals surface area contributed by atoms with E-state index in [-0.39, 0.29) is 18.1 Å². The predicted octanol–water partition coefficient (Wildman–Crippen LogP) is 1.98.